The van der Waals surface area contributed by atoms with E-state index in [2.05, 4.69) is 68.2 Å². The number of Topliss-reactive ketones (excluding diaryl/α,β-unsaturated/α-hetero) is 2. The van der Waals surface area contributed by atoms with Gasteiger partial charge in [0.25, 0.3) is 5.91 Å². The van der Waals surface area contributed by atoms with Crippen LogP contribution in [-0.2, 0) is 86.4 Å². The first kappa shape index (κ1) is 101. The molecular weight excluding hydrogens is 1590 g/mol. The second-order valence-corrected chi connectivity index (χ2v) is 33.8. The first-order valence-electron chi connectivity index (χ1n) is 40.3. The summed E-state index contributed by atoms with van der Waals surface area (Å²) in [6.07, 6.45) is 6.03. The van der Waals surface area contributed by atoms with E-state index in [1.54, 1.807) is 36.6 Å². The third-order valence-corrected chi connectivity index (χ3v) is 23.7. The number of carboxylic acid groups (broad SMARTS) is 5. The van der Waals surface area contributed by atoms with Crippen molar-refractivity contribution in [2.45, 2.75) is 232 Å². The number of unbranched alkanes of at least 4 members (excludes halogenated alkanes) is 4. The van der Waals surface area contributed by atoms with E-state index in [1.165, 1.54) is 35.6 Å². The molecule has 656 valence electrons. The number of aliphatic carboxylic acids is 5. The number of amides is 9. The van der Waals surface area contributed by atoms with Crippen molar-refractivity contribution in [3.63, 3.8) is 0 Å². The van der Waals surface area contributed by atoms with Crippen LogP contribution in [0.15, 0.2) is 53.9 Å². The maximum Gasteiger partial charge on any atom is 0.327 e. The summed E-state index contributed by atoms with van der Waals surface area (Å²) in [5, 5.41) is 80.1. The minimum atomic E-state index is -1.74. The molecule has 37 heteroatoms. The van der Waals surface area contributed by atoms with E-state index in [1.807, 2.05) is 32.7 Å². The quantitative estimate of drug-likeness (QED) is 0.0111. The van der Waals surface area contributed by atoms with Gasteiger partial charge >= 0.3 is 47.9 Å². The summed E-state index contributed by atoms with van der Waals surface area (Å²) in [5.74, 6) is -15.2. The highest BCUT2D eigenvalue weighted by Gasteiger charge is 2.40. The molecule has 0 aliphatic carbocycles. The molecule has 4 rings (SSSR count). The van der Waals surface area contributed by atoms with Crippen LogP contribution < -0.4 is 42.5 Å². The molecule has 0 radical (unpaired) electrons. The summed E-state index contributed by atoms with van der Waals surface area (Å²) >= 11 is 1.32. The number of ether oxygens (including phenoxy) is 2. The Morgan fingerprint density at radius 3 is 1.97 bits per heavy atom. The number of rotatable bonds is 59. The highest BCUT2D eigenvalue weighted by molar-refractivity contribution is 8.76. The third-order valence-electron chi connectivity index (χ3n) is 20.3. The van der Waals surface area contributed by atoms with Crippen LogP contribution in [0.3, 0.4) is 0 Å². The zero-order chi connectivity index (χ0) is 87.4. The summed E-state index contributed by atoms with van der Waals surface area (Å²) in [6, 6.07) is 5.58. The van der Waals surface area contributed by atoms with Crippen LogP contribution in [0.4, 0.5) is 9.59 Å². The summed E-state index contributed by atoms with van der Waals surface area (Å²) in [6.45, 7) is 14.9. The number of nitrogens with zero attached hydrogens (tertiary/aromatic N) is 3. The van der Waals surface area contributed by atoms with Crippen molar-refractivity contribution < 1.29 is 112 Å². The second-order valence-electron chi connectivity index (χ2n) is 30.3. The van der Waals surface area contributed by atoms with Crippen LogP contribution in [0.1, 0.15) is 209 Å². The molecule has 0 bridgehead atoms. The molecule has 1 fully saturated rings. The van der Waals surface area contributed by atoms with Gasteiger partial charge in [-0.3, -0.25) is 57.6 Å². The number of esters is 1. The van der Waals surface area contributed by atoms with Crippen molar-refractivity contribution in [1.29, 1.82) is 0 Å². The Balaban J connectivity index is 1.26. The minimum Gasteiger partial charge on any atom is -0.508 e. The number of aromatic nitrogens is 1. The summed E-state index contributed by atoms with van der Waals surface area (Å²) in [4.78, 5) is 202. The zero-order valence-electron chi connectivity index (χ0n) is 68.7. The predicted molar refractivity (Wildman–Crippen MR) is 442 cm³/mol. The van der Waals surface area contributed by atoms with Gasteiger partial charge in [0.15, 0.2) is 11.6 Å². The predicted octanol–water partition coefficient (Wildman–Crippen LogP) is 7.67. The number of phenolic OH excluding ortho intramolecular Hbond substituents is 1. The van der Waals surface area contributed by atoms with Gasteiger partial charge < -0.3 is 87.5 Å². The number of carboxylic acids is 5. The van der Waals surface area contributed by atoms with E-state index >= 15 is 4.79 Å². The number of piperidine rings is 1. The Hall–Kier alpha value is -9.46. The second kappa shape index (κ2) is 54.6. The third kappa shape index (κ3) is 39.0. The number of benzene rings is 2. The maximum absolute atomic E-state index is 15.1. The standard InChI is InChI=1S/C81H121N11O23S3/c1-9-11-12-17-33-114-48-92(77(107)59(50(5)10-2)42-67(95)64-20-14-16-32-91(64)8)65(49(3)4)37-52(7)76-89-62(46-116-76)75(106)86-57(38-53-26-28-58(93)29-27-53)36-51(6)73(104)84-45-72(103)115-34-35-117-118-47-63(79(110)111)88-74(105)56(41-70(99)100)40-66(94)61(43-71(101)102)87-68(96)39-54-22-24-55(25-23-54)44-85-80(112)82-30-15-13-19-60(78(108)109)90-81(113)83-31-18-21-69(97)98/h22-29,46,49-52,56-57,59-61,63-65,93H,9-21,30-45,47-48H2,1-8H3,(H,84,104)(H,86,106)(H,87,96)(H,88,105)(H,97,98)(H,99,100)(H,101,102)(H,108,109)(H,110,111)(H2,82,85,112)(H2,83,90,113)/t50?,51-,52+,56-,57+,59-,60-,61-,63-,64+,65+/m0/s1. The molecular formula is C81H121N11O23S3. The highest BCUT2D eigenvalue weighted by atomic mass is 33.1. The van der Waals surface area contributed by atoms with Gasteiger partial charge in [-0.15, -0.1) is 11.3 Å². The number of carbonyl (C=O) groups is 15. The summed E-state index contributed by atoms with van der Waals surface area (Å²) in [7, 11) is 3.98. The van der Waals surface area contributed by atoms with Crippen molar-refractivity contribution in [1.82, 2.24) is 57.3 Å². The number of carbonyl (C=O) groups excluding carboxylic acids is 10. The van der Waals surface area contributed by atoms with Crippen LogP contribution in [0.2, 0.25) is 0 Å². The van der Waals surface area contributed by atoms with Crippen molar-refractivity contribution in [3.05, 3.63) is 81.3 Å². The zero-order valence-corrected chi connectivity index (χ0v) is 71.2. The minimum absolute atomic E-state index is 0.0168. The molecule has 1 aliphatic heterocycles. The molecule has 2 aromatic carbocycles. The topological polar surface area (TPSA) is 511 Å². The lowest BCUT2D eigenvalue weighted by Crippen LogP contribution is -2.50. The first-order chi connectivity index (χ1) is 56.1. The number of hydrogen-bond acceptors (Lipinski definition) is 23. The van der Waals surface area contributed by atoms with Gasteiger partial charge in [-0.1, -0.05) is 139 Å². The number of ketones is 2. The molecule has 11 atom stereocenters. The van der Waals surface area contributed by atoms with E-state index in [-0.39, 0.29) is 142 Å². The summed E-state index contributed by atoms with van der Waals surface area (Å²) in [5.41, 5.74) is 1.90. The number of aromatic hydroxyl groups is 1. The monoisotopic (exact) mass is 1710 g/mol. The van der Waals surface area contributed by atoms with Crippen molar-refractivity contribution in [2.24, 2.45) is 29.6 Å². The molecule has 0 spiro atoms. The molecule has 118 heavy (non-hydrogen) atoms. The number of urea groups is 2. The average Bonchev–Trinajstić information content (AvgIpc) is 0.843. The largest absolute Gasteiger partial charge is 0.508 e. The van der Waals surface area contributed by atoms with E-state index in [0.717, 1.165) is 78.6 Å². The number of nitrogens with one attached hydrogen (secondary N) is 8. The fraction of sp³-hybridized carbons (Fsp3) is 0.630. The molecule has 9 amide bonds. The smallest absolute Gasteiger partial charge is 0.327 e. The maximum atomic E-state index is 15.1. The van der Waals surface area contributed by atoms with Gasteiger partial charge in [0.05, 0.1) is 42.3 Å². The lowest BCUT2D eigenvalue weighted by atomic mass is 9.82. The SMILES string of the molecule is CCCCCCOCN(C(=O)[C@@H](CC(=O)[C@H]1CCCCN1C)C(C)CC)[C@H](C[C@@H](C)c1nc(C(=O)N[C@@H](Cc2ccc(O)cc2)C[C@H](C)C(=O)NCC(=O)OCCSSC[C@H](NC(=O)[C@H](CC(=O)O)CC(=O)[C@H](CC(=O)O)NC(=O)Cc2ccc(CNC(=O)NCCCC[C@H](NC(=O)NCCCC(=O)O)C(=O)O)cc2)C(=O)O)cs1)C(C)C. The van der Waals surface area contributed by atoms with Crippen LogP contribution >= 0.6 is 32.9 Å². The lowest BCUT2D eigenvalue weighted by molar-refractivity contribution is -0.151. The fourth-order valence-electron chi connectivity index (χ4n) is 13.2. The van der Waals surface area contributed by atoms with Gasteiger partial charge in [-0.2, -0.15) is 0 Å². The van der Waals surface area contributed by atoms with Gasteiger partial charge in [0.1, 0.15) is 43.4 Å². The van der Waals surface area contributed by atoms with Crippen LogP contribution in [0.5, 0.6) is 5.75 Å². The van der Waals surface area contributed by atoms with Crippen LogP contribution in [0, 0.1) is 29.6 Å². The molecule has 1 aliphatic rings. The normalized spacial score (nSPS) is 15.3. The number of hydrogen-bond donors (Lipinski definition) is 14. The van der Waals surface area contributed by atoms with E-state index < -0.39 is 145 Å². The molecule has 1 aromatic heterocycles. The van der Waals surface area contributed by atoms with Gasteiger partial charge in [-0.25, -0.2) is 24.2 Å². The molecule has 2 heterocycles. The van der Waals surface area contributed by atoms with Crippen LogP contribution in [-0.4, -0.2) is 235 Å². The Labute approximate surface area is 700 Å². The number of likely N-dealkylation sites (N-methyl/N-ethyl adjacent to an activating group) is 1. The van der Waals surface area contributed by atoms with E-state index in [0.29, 0.717) is 48.4 Å². The fourth-order valence-corrected chi connectivity index (χ4v) is 16.1. The molecule has 1 unspecified atom stereocenters. The number of likely N-dealkylation sites (tertiary alicyclic amines) is 1. The Morgan fingerprint density at radius 1 is 0.653 bits per heavy atom. The molecule has 1 saturated heterocycles. The van der Waals surface area contributed by atoms with Gasteiger partial charge in [-0.05, 0) is 118 Å². The highest BCUT2D eigenvalue weighted by Crippen LogP contribution is 2.33. The van der Waals surface area contributed by atoms with Crippen molar-refractivity contribution >= 4 is 122 Å². The van der Waals surface area contributed by atoms with Gasteiger partial charge in [0, 0.05) is 92.2 Å². The molecule has 3 aromatic rings. The van der Waals surface area contributed by atoms with Crippen LogP contribution in [0.25, 0.3) is 0 Å². The van der Waals surface area contributed by atoms with Gasteiger partial charge in [0.2, 0.25) is 23.6 Å². The Kier molecular flexibility index (Phi) is 46.7. The molecule has 34 nitrogen and oxygen atoms in total. The Bertz CT molecular complexity index is 3760. The number of thiazole rings is 1. The molecule has 0 saturated carbocycles. The first-order valence-corrected chi connectivity index (χ1v) is 43.7. The lowest BCUT2D eigenvalue weighted by Gasteiger charge is -2.39. The van der Waals surface area contributed by atoms with Crippen molar-refractivity contribution in [2.75, 3.05) is 64.7 Å². The summed E-state index contributed by atoms with van der Waals surface area (Å²) < 4.78 is 11.6. The number of phenols is 1. The average molecular weight is 1710 g/mol. The van der Waals surface area contributed by atoms with Crippen molar-refractivity contribution in [3.8, 4) is 5.75 Å². The van der Waals surface area contributed by atoms with E-state index in [4.69, 9.17) is 19.6 Å². The van der Waals surface area contributed by atoms with E-state index in [9.17, 15) is 92.7 Å². The molecule has 14 N–H and O–H groups in total. The Morgan fingerprint density at radius 2 is 1.32 bits per heavy atom.